The van der Waals surface area contributed by atoms with Gasteiger partial charge < -0.3 is 10.8 Å². The monoisotopic (exact) mass is 249 g/mol. The van der Waals surface area contributed by atoms with Crippen molar-refractivity contribution in [3.63, 3.8) is 0 Å². The standard InChI is InChI=1S/C11H14ClN.ClH.H2O/c1-8-7-13-5-4-9-2-3-10(12)6-11(8)9;;/h2-3,6,8,13H,4-5,7H2,1H3;1H;1H2. The van der Waals surface area contributed by atoms with Gasteiger partial charge in [-0.1, -0.05) is 24.6 Å². The fraction of sp³-hybridized carbons (Fsp3) is 0.455. The second-order valence-electron chi connectivity index (χ2n) is 3.70. The second-order valence-corrected chi connectivity index (χ2v) is 4.13. The Balaban J connectivity index is 0.000000980. The van der Waals surface area contributed by atoms with Crippen LogP contribution < -0.4 is 5.32 Å². The van der Waals surface area contributed by atoms with Crippen LogP contribution in [0.3, 0.4) is 0 Å². The third-order valence-electron chi connectivity index (χ3n) is 2.66. The molecule has 86 valence electrons. The molecule has 0 aromatic heterocycles. The molecule has 3 N–H and O–H groups in total. The Morgan fingerprint density at radius 2 is 2.13 bits per heavy atom. The fourth-order valence-electron chi connectivity index (χ4n) is 1.90. The zero-order valence-corrected chi connectivity index (χ0v) is 10.3. The summed E-state index contributed by atoms with van der Waals surface area (Å²) in [5.74, 6) is 0.580. The number of benzene rings is 1. The molecule has 0 saturated heterocycles. The van der Waals surface area contributed by atoms with Gasteiger partial charge >= 0.3 is 0 Å². The van der Waals surface area contributed by atoms with Crippen LogP contribution in [0, 0.1) is 0 Å². The number of halogens is 2. The molecule has 0 aliphatic carbocycles. The van der Waals surface area contributed by atoms with E-state index in [1.165, 1.54) is 11.1 Å². The largest absolute Gasteiger partial charge is 0.412 e. The van der Waals surface area contributed by atoms with Gasteiger partial charge in [-0.25, -0.2) is 0 Å². The predicted octanol–water partition coefficient (Wildman–Crippen LogP) is 2.19. The molecule has 15 heavy (non-hydrogen) atoms. The van der Waals surface area contributed by atoms with E-state index in [2.05, 4.69) is 24.4 Å². The zero-order valence-electron chi connectivity index (χ0n) is 8.72. The first kappa shape index (κ1) is 14.7. The summed E-state index contributed by atoms with van der Waals surface area (Å²) in [6.07, 6.45) is 1.12. The van der Waals surface area contributed by atoms with Crippen LogP contribution >= 0.6 is 24.0 Å². The summed E-state index contributed by atoms with van der Waals surface area (Å²) in [7, 11) is 0. The molecule has 0 spiro atoms. The van der Waals surface area contributed by atoms with Crippen LogP contribution in [-0.4, -0.2) is 18.6 Å². The maximum absolute atomic E-state index is 5.97. The van der Waals surface area contributed by atoms with E-state index >= 15 is 0 Å². The van der Waals surface area contributed by atoms with Crippen LogP contribution in [-0.2, 0) is 6.42 Å². The van der Waals surface area contributed by atoms with Crippen molar-refractivity contribution >= 4 is 24.0 Å². The number of nitrogens with one attached hydrogen (secondary N) is 1. The molecule has 1 atom stereocenters. The number of hydrogen-bond donors (Lipinski definition) is 1. The Morgan fingerprint density at radius 1 is 1.40 bits per heavy atom. The molecule has 1 aromatic rings. The lowest BCUT2D eigenvalue weighted by Gasteiger charge is -2.11. The maximum atomic E-state index is 5.97. The van der Waals surface area contributed by atoms with Gasteiger partial charge in [-0.05, 0) is 42.1 Å². The lowest BCUT2D eigenvalue weighted by atomic mass is 9.96. The van der Waals surface area contributed by atoms with Crippen molar-refractivity contribution in [2.75, 3.05) is 13.1 Å². The summed E-state index contributed by atoms with van der Waals surface area (Å²) in [6.45, 7) is 4.39. The smallest absolute Gasteiger partial charge is 0.0409 e. The lowest BCUT2D eigenvalue weighted by Crippen LogP contribution is -2.18. The molecule has 1 aliphatic rings. The molecule has 0 saturated carbocycles. The van der Waals surface area contributed by atoms with Crippen LogP contribution in [0.15, 0.2) is 18.2 Å². The van der Waals surface area contributed by atoms with Gasteiger partial charge in [0.15, 0.2) is 0 Å². The molecule has 1 heterocycles. The van der Waals surface area contributed by atoms with Crippen molar-refractivity contribution in [1.29, 1.82) is 0 Å². The first-order valence-electron chi connectivity index (χ1n) is 4.76. The fourth-order valence-corrected chi connectivity index (χ4v) is 2.08. The van der Waals surface area contributed by atoms with E-state index < -0.39 is 0 Å². The topological polar surface area (TPSA) is 43.5 Å². The third kappa shape index (κ3) is 3.35. The predicted molar refractivity (Wildman–Crippen MR) is 67.3 cm³/mol. The van der Waals surface area contributed by atoms with Gasteiger partial charge in [-0.15, -0.1) is 12.4 Å². The van der Waals surface area contributed by atoms with Crippen molar-refractivity contribution < 1.29 is 5.48 Å². The number of hydrogen-bond acceptors (Lipinski definition) is 1. The molecule has 2 nitrogen and oxygen atoms in total. The average molecular weight is 250 g/mol. The SMILES string of the molecule is CC1CNCCc2ccc(Cl)cc21.Cl.O. The summed E-state index contributed by atoms with van der Waals surface area (Å²) in [5.41, 5.74) is 2.86. The van der Waals surface area contributed by atoms with E-state index in [0.717, 1.165) is 24.5 Å². The van der Waals surface area contributed by atoms with Crippen molar-refractivity contribution in [2.45, 2.75) is 19.3 Å². The summed E-state index contributed by atoms with van der Waals surface area (Å²) in [6, 6.07) is 6.24. The van der Waals surface area contributed by atoms with E-state index in [4.69, 9.17) is 11.6 Å². The Morgan fingerprint density at radius 3 is 2.87 bits per heavy atom. The van der Waals surface area contributed by atoms with Crippen LogP contribution in [0.4, 0.5) is 0 Å². The number of fused-ring (bicyclic) bond motifs is 1. The maximum Gasteiger partial charge on any atom is 0.0409 e. The summed E-state index contributed by atoms with van der Waals surface area (Å²) in [4.78, 5) is 0. The third-order valence-corrected chi connectivity index (χ3v) is 2.90. The minimum Gasteiger partial charge on any atom is -0.412 e. The molecule has 1 unspecified atom stereocenters. The normalized spacial score (nSPS) is 19.2. The molecular weight excluding hydrogens is 233 g/mol. The highest BCUT2D eigenvalue weighted by Crippen LogP contribution is 2.25. The molecule has 0 fully saturated rings. The van der Waals surface area contributed by atoms with Crippen molar-refractivity contribution in [3.8, 4) is 0 Å². The highest BCUT2D eigenvalue weighted by atomic mass is 35.5. The first-order chi connectivity index (χ1) is 6.27. The van der Waals surface area contributed by atoms with Gasteiger partial charge in [0.05, 0.1) is 0 Å². The van der Waals surface area contributed by atoms with Crippen molar-refractivity contribution in [3.05, 3.63) is 34.3 Å². The van der Waals surface area contributed by atoms with E-state index in [0.29, 0.717) is 5.92 Å². The average Bonchev–Trinajstić information content (AvgIpc) is 2.29. The van der Waals surface area contributed by atoms with E-state index in [1.54, 1.807) is 0 Å². The Hall–Kier alpha value is -0.280. The Bertz CT molecular complexity index is 317. The molecule has 0 radical (unpaired) electrons. The summed E-state index contributed by atoms with van der Waals surface area (Å²) >= 11 is 5.97. The molecule has 1 aromatic carbocycles. The minimum absolute atomic E-state index is 0. The molecule has 4 heteroatoms. The molecular formula is C11H17Cl2NO. The van der Waals surface area contributed by atoms with Gasteiger partial charge in [-0.3, -0.25) is 0 Å². The van der Waals surface area contributed by atoms with E-state index in [-0.39, 0.29) is 17.9 Å². The van der Waals surface area contributed by atoms with Crippen molar-refractivity contribution in [2.24, 2.45) is 0 Å². The molecule has 0 amide bonds. The number of rotatable bonds is 0. The zero-order chi connectivity index (χ0) is 9.26. The van der Waals surface area contributed by atoms with E-state index in [1.807, 2.05) is 6.07 Å². The van der Waals surface area contributed by atoms with Crippen molar-refractivity contribution in [1.82, 2.24) is 5.32 Å². The summed E-state index contributed by atoms with van der Waals surface area (Å²) < 4.78 is 0. The van der Waals surface area contributed by atoms with Crippen LogP contribution in [0.25, 0.3) is 0 Å². The van der Waals surface area contributed by atoms with E-state index in [9.17, 15) is 0 Å². The van der Waals surface area contributed by atoms with Crippen LogP contribution in [0.2, 0.25) is 5.02 Å². The Kier molecular flexibility index (Phi) is 6.22. The van der Waals surface area contributed by atoms with Crippen LogP contribution in [0.5, 0.6) is 0 Å². The van der Waals surface area contributed by atoms with Gasteiger partial charge in [0.1, 0.15) is 0 Å². The van der Waals surface area contributed by atoms with Crippen LogP contribution in [0.1, 0.15) is 24.0 Å². The first-order valence-corrected chi connectivity index (χ1v) is 5.14. The quantitative estimate of drug-likeness (QED) is 0.753. The Labute approximate surface area is 102 Å². The lowest BCUT2D eigenvalue weighted by molar-refractivity contribution is 0.644. The highest BCUT2D eigenvalue weighted by Gasteiger charge is 2.13. The summed E-state index contributed by atoms with van der Waals surface area (Å²) in [5, 5.41) is 4.27. The second kappa shape index (κ2) is 6.33. The molecule has 0 bridgehead atoms. The van der Waals surface area contributed by atoms with Gasteiger partial charge in [0, 0.05) is 11.6 Å². The minimum atomic E-state index is 0. The highest BCUT2D eigenvalue weighted by molar-refractivity contribution is 6.30. The molecule has 1 aliphatic heterocycles. The van der Waals surface area contributed by atoms with Gasteiger partial charge in [0.25, 0.3) is 0 Å². The van der Waals surface area contributed by atoms with Gasteiger partial charge in [-0.2, -0.15) is 0 Å². The van der Waals surface area contributed by atoms with Gasteiger partial charge in [0.2, 0.25) is 0 Å². The molecule has 2 rings (SSSR count).